The lowest BCUT2D eigenvalue weighted by Crippen LogP contribution is -2.29. The van der Waals surface area contributed by atoms with Gasteiger partial charge in [-0.2, -0.15) is 5.26 Å². The number of rotatable bonds is 6. The Bertz CT molecular complexity index is 417. The van der Waals surface area contributed by atoms with Crippen LogP contribution in [-0.4, -0.2) is 25.6 Å². The third-order valence-electron chi connectivity index (χ3n) is 3.30. The Balaban J connectivity index is 3.03. The van der Waals surface area contributed by atoms with Gasteiger partial charge in [0.1, 0.15) is 5.75 Å². The van der Waals surface area contributed by atoms with E-state index in [0.717, 1.165) is 11.3 Å². The van der Waals surface area contributed by atoms with Crippen LogP contribution in [0.1, 0.15) is 32.4 Å². The number of nitriles is 1. The minimum atomic E-state index is -0.0204. The number of hydrogen-bond donors (Lipinski definition) is 0. The second-order valence-corrected chi connectivity index (χ2v) is 5.31. The fourth-order valence-electron chi connectivity index (χ4n) is 2.34. The molecule has 0 heterocycles. The zero-order valence-corrected chi connectivity index (χ0v) is 12.6. The Kier molecular flexibility index (Phi) is 5.85. The van der Waals surface area contributed by atoms with Crippen molar-refractivity contribution < 1.29 is 4.74 Å². The van der Waals surface area contributed by atoms with Crippen molar-refractivity contribution in [3.05, 3.63) is 29.8 Å². The van der Waals surface area contributed by atoms with Gasteiger partial charge in [-0.05, 0) is 44.6 Å². The van der Waals surface area contributed by atoms with Crippen LogP contribution in [0.25, 0.3) is 0 Å². The van der Waals surface area contributed by atoms with Gasteiger partial charge in [-0.1, -0.05) is 26.0 Å². The minimum absolute atomic E-state index is 0.0204. The number of ether oxygens (including phenoxy) is 1. The van der Waals surface area contributed by atoms with E-state index in [0.29, 0.717) is 12.5 Å². The predicted molar refractivity (Wildman–Crippen MR) is 78.0 cm³/mol. The van der Waals surface area contributed by atoms with Gasteiger partial charge in [-0.3, -0.25) is 0 Å². The van der Waals surface area contributed by atoms with Crippen LogP contribution in [0.5, 0.6) is 5.75 Å². The van der Waals surface area contributed by atoms with Crippen LogP contribution in [0.15, 0.2) is 24.3 Å². The van der Waals surface area contributed by atoms with Crippen LogP contribution in [-0.2, 0) is 0 Å². The van der Waals surface area contributed by atoms with E-state index >= 15 is 0 Å². The van der Waals surface area contributed by atoms with Gasteiger partial charge in [-0.15, -0.1) is 0 Å². The molecular weight excluding hydrogens is 236 g/mol. The summed E-state index contributed by atoms with van der Waals surface area (Å²) < 4.78 is 5.46. The maximum absolute atomic E-state index is 9.41. The monoisotopic (exact) mass is 260 g/mol. The van der Waals surface area contributed by atoms with Crippen LogP contribution in [0.4, 0.5) is 0 Å². The molecule has 104 valence electrons. The van der Waals surface area contributed by atoms with Crippen molar-refractivity contribution >= 4 is 0 Å². The molecule has 2 atom stereocenters. The first-order valence-electron chi connectivity index (χ1n) is 6.80. The summed E-state index contributed by atoms with van der Waals surface area (Å²) in [5.74, 6) is 1.18. The molecule has 0 radical (unpaired) electrons. The summed E-state index contributed by atoms with van der Waals surface area (Å²) in [7, 11) is 4.04. The van der Waals surface area contributed by atoms with Gasteiger partial charge in [0, 0.05) is 0 Å². The van der Waals surface area contributed by atoms with E-state index in [1.807, 2.05) is 33.2 Å². The summed E-state index contributed by atoms with van der Waals surface area (Å²) in [6, 6.07) is 10.6. The van der Waals surface area contributed by atoms with E-state index in [1.165, 1.54) is 0 Å². The van der Waals surface area contributed by atoms with Crippen molar-refractivity contribution in [3.63, 3.8) is 0 Å². The summed E-state index contributed by atoms with van der Waals surface area (Å²) in [5, 5.41) is 9.41. The zero-order valence-electron chi connectivity index (χ0n) is 12.6. The van der Waals surface area contributed by atoms with E-state index in [-0.39, 0.29) is 12.0 Å². The Morgan fingerprint density at radius 1 is 1.21 bits per heavy atom. The van der Waals surface area contributed by atoms with E-state index in [1.54, 1.807) is 0 Å². The fourth-order valence-corrected chi connectivity index (χ4v) is 2.34. The van der Waals surface area contributed by atoms with Gasteiger partial charge in [0.15, 0.2) is 0 Å². The van der Waals surface area contributed by atoms with E-state index in [4.69, 9.17) is 4.74 Å². The summed E-state index contributed by atoms with van der Waals surface area (Å²) in [6.07, 6.45) is 0. The molecule has 0 aliphatic heterocycles. The zero-order chi connectivity index (χ0) is 14.4. The molecule has 0 aliphatic carbocycles. The Morgan fingerprint density at radius 3 is 2.16 bits per heavy atom. The van der Waals surface area contributed by atoms with Crippen LogP contribution in [0.2, 0.25) is 0 Å². The van der Waals surface area contributed by atoms with Crippen LogP contribution < -0.4 is 4.74 Å². The molecule has 0 amide bonds. The quantitative estimate of drug-likeness (QED) is 0.785. The summed E-state index contributed by atoms with van der Waals surface area (Å²) in [5.41, 5.74) is 1.16. The lowest BCUT2D eigenvalue weighted by Gasteiger charge is -2.31. The highest BCUT2D eigenvalue weighted by molar-refractivity contribution is 5.30. The van der Waals surface area contributed by atoms with Gasteiger partial charge >= 0.3 is 0 Å². The molecule has 0 N–H and O–H groups in total. The van der Waals surface area contributed by atoms with E-state index in [9.17, 15) is 5.26 Å². The van der Waals surface area contributed by atoms with Crippen LogP contribution >= 0.6 is 0 Å². The Labute approximate surface area is 116 Å². The second kappa shape index (κ2) is 7.16. The molecule has 3 heteroatoms. The van der Waals surface area contributed by atoms with Gasteiger partial charge in [0.05, 0.1) is 24.6 Å². The SMILES string of the molecule is CCOc1ccc(C(C(C#N)C(C)C)N(C)C)cc1. The van der Waals surface area contributed by atoms with Crippen molar-refractivity contribution in [2.24, 2.45) is 11.8 Å². The molecule has 3 nitrogen and oxygen atoms in total. The van der Waals surface area contributed by atoms with E-state index in [2.05, 4.69) is 36.9 Å². The predicted octanol–water partition coefficient (Wildman–Crippen LogP) is 3.48. The minimum Gasteiger partial charge on any atom is -0.494 e. The van der Waals surface area contributed by atoms with Crippen molar-refractivity contribution in [1.29, 1.82) is 5.26 Å². The topological polar surface area (TPSA) is 36.3 Å². The number of benzene rings is 1. The fraction of sp³-hybridized carbons (Fsp3) is 0.562. The molecular formula is C16H24N2O. The third-order valence-corrected chi connectivity index (χ3v) is 3.30. The Hall–Kier alpha value is -1.53. The highest BCUT2D eigenvalue weighted by atomic mass is 16.5. The Morgan fingerprint density at radius 2 is 1.79 bits per heavy atom. The van der Waals surface area contributed by atoms with Crippen LogP contribution in [0, 0.1) is 23.2 Å². The summed E-state index contributed by atoms with van der Waals surface area (Å²) >= 11 is 0. The molecule has 0 aromatic heterocycles. The van der Waals surface area contributed by atoms with E-state index < -0.39 is 0 Å². The first kappa shape index (κ1) is 15.5. The second-order valence-electron chi connectivity index (χ2n) is 5.31. The standard InChI is InChI=1S/C16H24N2O/c1-6-19-14-9-7-13(8-10-14)16(18(4)5)15(11-17)12(2)3/h7-10,12,15-16H,6H2,1-5H3. The molecule has 0 aliphatic rings. The molecule has 0 bridgehead atoms. The smallest absolute Gasteiger partial charge is 0.119 e. The molecule has 19 heavy (non-hydrogen) atoms. The molecule has 1 rings (SSSR count). The lowest BCUT2D eigenvalue weighted by atomic mass is 9.85. The van der Waals surface area contributed by atoms with Gasteiger partial charge in [-0.25, -0.2) is 0 Å². The third kappa shape index (κ3) is 3.97. The average Bonchev–Trinajstić information content (AvgIpc) is 2.36. The first-order chi connectivity index (χ1) is 9.01. The largest absolute Gasteiger partial charge is 0.494 e. The summed E-state index contributed by atoms with van der Waals surface area (Å²) in [4.78, 5) is 2.11. The molecule has 0 fully saturated rings. The average molecular weight is 260 g/mol. The molecule has 0 saturated carbocycles. The van der Waals surface area contributed by atoms with Gasteiger partial charge in [0.2, 0.25) is 0 Å². The molecule has 1 aromatic carbocycles. The maximum atomic E-state index is 9.41. The van der Waals surface area contributed by atoms with Crippen molar-refractivity contribution in [1.82, 2.24) is 4.90 Å². The number of hydrogen-bond acceptors (Lipinski definition) is 3. The molecule has 1 aromatic rings. The molecule has 0 spiro atoms. The van der Waals surface area contributed by atoms with Crippen molar-refractivity contribution in [3.8, 4) is 11.8 Å². The first-order valence-corrected chi connectivity index (χ1v) is 6.80. The highest BCUT2D eigenvalue weighted by Gasteiger charge is 2.27. The van der Waals surface area contributed by atoms with Gasteiger partial charge < -0.3 is 9.64 Å². The van der Waals surface area contributed by atoms with Crippen molar-refractivity contribution in [2.75, 3.05) is 20.7 Å². The highest BCUT2D eigenvalue weighted by Crippen LogP contribution is 2.32. The molecule has 2 unspecified atom stereocenters. The summed E-state index contributed by atoms with van der Waals surface area (Å²) in [6.45, 7) is 6.84. The van der Waals surface area contributed by atoms with Crippen LogP contribution in [0.3, 0.4) is 0 Å². The lowest BCUT2D eigenvalue weighted by molar-refractivity contribution is 0.210. The van der Waals surface area contributed by atoms with Gasteiger partial charge in [0.25, 0.3) is 0 Å². The maximum Gasteiger partial charge on any atom is 0.119 e. The number of nitrogens with zero attached hydrogens (tertiary/aromatic N) is 2. The molecule has 0 saturated heterocycles. The normalized spacial score (nSPS) is 14.2. The van der Waals surface area contributed by atoms with Crippen molar-refractivity contribution in [2.45, 2.75) is 26.8 Å².